The van der Waals surface area contributed by atoms with E-state index in [-0.39, 0.29) is 12.5 Å². The van der Waals surface area contributed by atoms with Crippen LogP contribution in [0.4, 0.5) is 10.2 Å². The third-order valence-corrected chi connectivity index (χ3v) is 4.24. The van der Waals surface area contributed by atoms with Gasteiger partial charge in [-0.3, -0.25) is 4.79 Å². The van der Waals surface area contributed by atoms with Crippen LogP contribution in [0.1, 0.15) is 33.6 Å². The molecule has 1 aliphatic heterocycles. The van der Waals surface area contributed by atoms with Crippen LogP contribution < -0.4 is 10.2 Å². The first-order chi connectivity index (χ1) is 10.2. The molecule has 0 spiro atoms. The van der Waals surface area contributed by atoms with Crippen LogP contribution in [0.15, 0.2) is 18.3 Å². The smallest absolute Gasteiger partial charge is 0.225 e. The maximum Gasteiger partial charge on any atom is 0.225 e. The van der Waals surface area contributed by atoms with Gasteiger partial charge in [-0.2, -0.15) is 0 Å². The molecule has 0 aliphatic carbocycles. The lowest BCUT2D eigenvalue weighted by atomic mass is 9.91. The highest BCUT2D eigenvalue weighted by molar-refractivity contribution is 6.32. The van der Waals surface area contributed by atoms with Crippen LogP contribution in [0, 0.1) is 5.41 Å². The third-order valence-electron chi connectivity index (χ3n) is 3.95. The molecule has 122 valence electrons. The summed E-state index contributed by atoms with van der Waals surface area (Å²) in [5.41, 5.74) is -1.86. The number of rotatable bonds is 3. The highest BCUT2D eigenvalue weighted by Crippen LogP contribution is 2.31. The lowest BCUT2D eigenvalue weighted by Gasteiger charge is -2.37. The molecule has 2 rings (SSSR count). The summed E-state index contributed by atoms with van der Waals surface area (Å²) in [6.45, 7) is 6.60. The standard InChI is InChI=1S/C16H23ClFN3O/c1-15(2,3)14(22)20-11-16(18)6-9-21(10-7-16)13-12(17)5-4-8-19-13/h4-5,8H,6-7,9-11H2,1-3H3,(H,20,22). The molecule has 0 unspecified atom stereocenters. The van der Waals surface area contributed by atoms with Gasteiger partial charge in [-0.25, -0.2) is 9.37 Å². The van der Waals surface area contributed by atoms with Gasteiger partial charge in [0.1, 0.15) is 11.5 Å². The van der Waals surface area contributed by atoms with Crippen molar-refractivity contribution in [3.63, 3.8) is 0 Å². The van der Waals surface area contributed by atoms with Crippen molar-refractivity contribution < 1.29 is 9.18 Å². The Labute approximate surface area is 136 Å². The average Bonchev–Trinajstić information content (AvgIpc) is 2.46. The Kier molecular flexibility index (Phi) is 4.95. The van der Waals surface area contributed by atoms with E-state index in [9.17, 15) is 9.18 Å². The second-order valence-corrected chi connectivity index (χ2v) is 7.29. The highest BCUT2D eigenvalue weighted by Gasteiger charge is 2.36. The number of nitrogens with one attached hydrogen (secondary N) is 1. The quantitative estimate of drug-likeness (QED) is 0.927. The van der Waals surface area contributed by atoms with Crippen molar-refractivity contribution >= 4 is 23.3 Å². The van der Waals surface area contributed by atoms with Gasteiger partial charge in [0.2, 0.25) is 5.91 Å². The molecule has 1 N–H and O–H groups in total. The number of piperidine rings is 1. The summed E-state index contributed by atoms with van der Waals surface area (Å²) in [5, 5.41) is 3.30. The summed E-state index contributed by atoms with van der Waals surface area (Å²) in [4.78, 5) is 18.1. The van der Waals surface area contributed by atoms with Crippen LogP contribution in [0.25, 0.3) is 0 Å². The predicted octanol–water partition coefficient (Wildman–Crippen LogP) is 3.21. The molecular weight excluding hydrogens is 305 g/mol. The van der Waals surface area contributed by atoms with Crippen molar-refractivity contribution in [2.24, 2.45) is 5.41 Å². The monoisotopic (exact) mass is 327 g/mol. The molecule has 0 bridgehead atoms. The molecule has 0 atom stereocenters. The molecule has 1 aromatic rings. The zero-order valence-electron chi connectivity index (χ0n) is 13.3. The number of anilines is 1. The Balaban J connectivity index is 1.91. The fourth-order valence-corrected chi connectivity index (χ4v) is 2.65. The van der Waals surface area contributed by atoms with Crippen molar-refractivity contribution in [2.75, 3.05) is 24.5 Å². The molecule has 1 aliphatic rings. The summed E-state index contributed by atoms with van der Waals surface area (Å²) >= 11 is 6.13. The normalized spacial score (nSPS) is 18.1. The Bertz CT molecular complexity index is 536. The molecule has 0 radical (unpaired) electrons. The Morgan fingerprint density at radius 3 is 2.64 bits per heavy atom. The SMILES string of the molecule is CC(C)(C)C(=O)NCC1(F)CCN(c2ncccc2Cl)CC1. The van der Waals surface area contributed by atoms with Crippen LogP contribution in [-0.2, 0) is 4.79 Å². The van der Waals surface area contributed by atoms with Gasteiger partial charge in [0.15, 0.2) is 0 Å². The van der Waals surface area contributed by atoms with E-state index in [0.29, 0.717) is 36.8 Å². The first kappa shape index (κ1) is 17.0. The van der Waals surface area contributed by atoms with Gasteiger partial charge in [0.25, 0.3) is 0 Å². The summed E-state index contributed by atoms with van der Waals surface area (Å²) < 4.78 is 14.8. The number of carbonyl (C=O) groups is 1. The molecule has 6 heteroatoms. The topological polar surface area (TPSA) is 45.2 Å². The second kappa shape index (κ2) is 6.41. The molecule has 2 heterocycles. The number of amides is 1. The van der Waals surface area contributed by atoms with E-state index in [1.165, 1.54) is 0 Å². The maximum atomic E-state index is 14.8. The molecule has 4 nitrogen and oxygen atoms in total. The van der Waals surface area contributed by atoms with Gasteiger partial charge in [0.05, 0.1) is 11.6 Å². The lowest BCUT2D eigenvalue weighted by Crippen LogP contribution is -2.50. The maximum absolute atomic E-state index is 14.8. The minimum Gasteiger partial charge on any atom is -0.355 e. The van der Waals surface area contributed by atoms with Gasteiger partial charge in [0, 0.05) is 37.5 Å². The highest BCUT2D eigenvalue weighted by atomic mass is 35.5. The minimum absolute atomic E-state index is 0.0624. The molecule has 0 saturated carbocycles. The molecule has 1 saturated heterocycles. The molecule has 1 fully saturated rings. The fourth-order valence-electron chi connectivity index (χ4n) is 2.41. The Hall–Kier alpha value is -1.36. The van der Waals surface area contributed by atoms with Crippen molar-refractivity contribution in [3.8, 4) is 0 Å². The molecule has 22 heavy (non-hydrogen) atoms. The van der Waals surface area contributed by atoms with Gasteiger partial charge < -0.3 is 10.2 Å². The van der Waals surface area contributed by atoms with Crippen molar-refractivity contribution in [2.45, 2.75) is 39.3 Å². The Morgan fingerprint density at radius 1 is 1.45 bits per heavy atom. The van der Waals surface area contributed by atoms with Crippen LogP contribution in [-0.4, -0.2) is 36.2 Å². The predicted molar refractivity (Wildman–Crippen MR) is 87.0 cm³/mol. The van der Waals surface area contributed by atoms with E-state index >= 15 is 0 Å². The number of nitrogens with zero attached hydrogens (tertiary/aromatic N) is 2. The summed E-state index contributed by atoms with van der Waals surface area (Å²) in [6.07, 6.45) is 2.39. The van der Waals surface area contributed by atoms with E-state index in [1.807, 2.05) is 25.7 Å². The van der Waals surface area contributed by atoms with Gasteiger partial charge >= 0.3 is 0 Å². The number of pyridine rings is 1. The van der Waals surface area contributed by atoms with E-state index < -0.39 is 11.1 Å². The summed E-state index contributed by atoms with van der Waals surface area (Å²) in [7, 11) is 0. The largest absolute Gasteiger partial charge is 0.355 e. The van der Waals surface area contributed by atoms with Gasteiger partial charge in [-0.05, 0) is 12.1 Å². The van der Waals surface area contributed by atoms with Crippen LogP contribution in [0.5, 0.6) is 0 Å². The van der Waals surface area contributed by atoms with Crippen molar-refractivity contribution in [1.82, 2.24) is 10.3 Å². The summed E-state index contributed by atoms with van der Waals surface area (Å²) in [5.74, 6) is 0.574. The number of halogens is 2. The average molecular weight is 328 g/mol. The first-order valence-electron chi connectivity index (χ1n) is 7.54. The number of carbonyl (C=O) groups excluding carboxylic acids is 1. The van der Waals surface area contributed by atoms with Crippen LogP contribution in [0.3, 0.4) is 0 Å². The van der Waals surface area contributed by atoms with E-state index in [0.717, 1.165) is 0 Å². The molecule has 1 amide bonds. The number of alkyl halides is 1. The van der Waals surface area contributed by atoms with Crippen molar-refractivity contribution in [3.05, 3.63) is 23.4 Å². The molecular formula is C16H23ClFN3O. The Morgan fingerprint density at radius 2 is 2.09 bits per heavy atom. The van der Waals surface area contributed by atoms with Crippen LogP contribution >= 0.6 is 11.6 Å². The first-order valence-corrected chi connectivity index (χ1v) is 7.92. The van der Waals surface area contributed by atoms with Gasteiger partial charge in [-0.15, -0.1) is 0 Å². The fraction of sp³-hybridized carbons (Fsp3) is 0.625. The number of hydrogen-bond acceptors (Lipinski definition) is 3. The lowest BCUT2D eigenvalue weighted by molar-refractivity contribution is -0.129. The minimum atomic E-state index is -1.36. The van der Waals surface area contributed by atoms with Crippen LogP contribution in [0.2, 0.25) is 5.02 Å². The number of hydrogen-bond donors (Lipinski definition) is 1. The van der Waals surface area contributed by atoms with E-state index in [4.69, 9.17) is 11.6 Å². The molecule has 1 aromatic heterocycles. The van der Waals surface area contributed by atoms with Gasteiger partial charge in [-0.1, -0.05) is 32.4 Å². The third kappa shape index (κ3) is 4.09. The van der Waals surface area contributed by atoms with E-state index in [1.54, 1.807) is 18.3 Å². The zero-order valence-corrected chi connectivity index (χ0v) is 14.1. The van der Waals surface area contributed by atoms with Crippen molar-refractivity contribution in [1.29, 1.82) is 0 Å². The second-order valence-electron chi connectivity index (χ2n) is 6.88. The zero-order chi connectivity index (χ0) is 16.4. The summed E-state index contributed by atoms with van der Waals surface area (Å²) in [6, 6.07) is 3.56. The number of aromatic nitrogens is 1. The van der Waals surface area contributed by atoms with E-state index in [2.05, 4.69) is 10.3 Å². The molecule has 0 aromatic carbocycles.